The molecule has 5 heteroatoms. The number of carboxylic acids is 1. The quantitative estimate of drug-likeness (QED) is 0.477. The summed E-state index contributed by atoms with van der Waals surface area (Å²) in [5.41, 5.74) is 0. The summed E-state index contributed by atoms with van der Waals surface area (Å²) in [6.07, 6.45) is 3.20. The van der Waals surface area contributed by atoms with Crippen LogP contribution in [0.5, 0.6) is 0 Å². The third kappa shape index (κ3) is 3.45. The zero-order chi connectivity index (χ0) is 11.3. The minimum absolute atomic E-state index is 0.0162. The highest BCUT2D eigenvalue weighted by atomic mass is 16.4. The van der Waals surface area contributed by atoms with Gasteiger partial charge in [0.25, 0.3) is 0 Å². The Bertz CT molecular complexity index is 278. The first-order valence-electron chi connectivity index (χ1n) is 4.95. The van der Waals surface area contributed by atoms with Crippen LogP contribution >= 0.6 is 0 Å². The maximum absolute atomic E-state index is 10.7. The van der Waals surface area contributed by atoms with Crippen molar-refractivity contribution < 1.29 is 19.5 Å². The fraction of sp³-hybridized carbons (Fsp3) is 0.600. The minimum Gasteiger partial charge on any atom is -0.477 e. The fourth-order valence-corrected chi connectivity index (χ4v) is 1.82. The first-order chi connectivity index (χ1) is 7.08. The van der Waals surface area contributed by atoms with E-state index in [2.05, 4.69) is 11.6 Å². The predicted octanol–water partition coefficient (Wildman–Crippen LogP) is -0.133. The summed E-state index contributed by atoms with van der Waals surface area (Å²) in [6.45, 7) is 5.20. The van der Waals surface area contributed by atoms with Crippen LogP contribution in [0.4, 0.5) is 0 Å². The van der Waals surface area contributed by atoms with Gasteiger partial charge in [0.1, 0.15) is 19.2 Å². The Morgan fingerprint density at radius 3 is 2.93 bits per heavy atom. The van der Waals surface area contributed by atoms with Gasteiger partial charge in [-0.05, 0) is 6.42 Å². The number of rotatable bonds is 6. The molecule has 2 unspecified atom stereocenters. The molecule has 0 saturated heterocycles. The van der Waals surface area contributed by atoms with Crippen LogP contribution < -0.4 is 0 Å². The molecule has 2 N–H and O–H groups in total. The van der Waals surface area contributed by atoms with Crippen molar-refractivity contribution in [2.24, 2.45) is 4.99 Å². The second-order valence-corrected chi connectivity index (χ2v) is 3.88. The van der Waals surface area contributed by atoms with E-state index in [9.17, 15) is 9.90 Å². The van der Waals surface area contributed by atoms with Gasteiger partial charge >= 0.3 is 5.97 Å². The topological polar surface area (TPSA) is 69.9 Å². The highest BCUT2D eigenvalue weighted by Gasteiger charge is 2.34. The molecule has 0 amide bonds. The maximum Gasteiger partial charge on any atom is 0.359 e. The number of aliphatic carboxylic acids is 1. The van der Waals surface area contributed by atoms with Gasteiger partial charge in [-0.3, -0.25) is 4.48 Å². The Morgan fingerprint density at radius 2 is 2.47 bits per heavy atom. The summed E-state index contributed by atoms with van der Waals surface area (Å²) >= 11 is 0. The smallest absolute Gasteiger partial charge is 0.359 e. The molecule has 0 fully saturated rings. The molecule has 0 aliphatic carbocycles. The molecule has 0 aromatic rings. The molecule has 0 aromatic heterocycles. The minimum atomic E-state index is -0.867. The van der Waals surface area contributed by atoms with Crippen molar-refractivity contribution in [3.05, 3.63) is 12.7 Å². The van der Waals surface area contributed by atoms with Crippen LogP contribution in [0.2, 0.25) is 0 Å². The average molecular weight is 213 g/mol. The molecule has 0 aromatic carbocycles. The molecule has 2 atom stereocenters. The number of quaternary nitrogens is 1. The standard InChI is InChI=1S/C10H16N2O3/c1-2-3-9(13)6-12(7-10(14)15)5-4-11-8-12/h2,8-9,13H,1,3-7H2/p+1. The molecule has 1 aliphatic rings. The van der Waals surface area contributed by atoms with E-state index in [4.69, 9.17) is 5.11 Å². The molecular formula is C10H17N2O3+. The van der Waals surface area contributed by atoms with Crippen LogP contribution in [0, 0.1) is 0 Å². The van der Waals surface area contributed by atoms with Crippen LogP contribution in [-0.2, 0) is 4.79 Å². The largest absolute Gasteiger partial charge is 0.477 e. The number of aliphatic imine (C=N–C) groups is 1. The molecule has 1 heterocycles. The number of aliphatic hydroxyl groups excluding tert-OH is 1. The lowest BCUT2D eigenvalue weighted by atomic mass is 10.2. The molecule has 1 rings (SSSR count). The number of nitrogens with zero attached hydrogens (tertiary/aromatic N) is 2. The number of hydrogen-bond acceptors (Lipinski definition) is 3. The molecule has 15 heavy (non-hydrogen) atoms. The monoisotopic (exact) mass is 213 g/mol. The van der Waals surface area contributed by atoms with Crippen molar-refractivity contribution >= 4 is 12.3 Å². The molecule has 0 saturated carbocycles. The highest BCUT2D eigenvalue weighted by Crippen LogP contribution is 2.12. The van der Waals surface area contributed by atoms with E-state index in [1.165, 1.54) is 0 Å². The van der Waals surface area contributed by atoms with Crippen molar-refractivity contribution in [2.75, 3.05) is 26.2 Å². The number of carboxylic acid groups (broad SMARTS) is 1. The Hall–Kier alpha value is -1.20. The third-order valence-corrected chi connectivity index (χ3v) is 2.46. The normalized spacial score (nSPS) is 26.5. The van der Waals surface area contributed by atoms with Gasteiger partial charge in [-0.1, -0.05) is 6.08 Å². The lowest BCUT2D eigenvalue weighted by Crippen LogP contribution is -2.52. The summed E-state index contributed by atoms with van der Waals surface area (Å²) in [6, 6.07) is 0. The van der Waals surface area contributed by atoms with Gasteiger partial charge in [-0.2, -0.15) is 0 Å². The van der Waals surface area contributed by atoms with Crippen molar-refractivity contribution in [2.45, 2.75) is 12.5 Å². The van der Waals surface area contributed by atoms with Crippen LogP contribution in [0.3, 0.4) is 0 Å². The molecule has 1 aliphatic heterocycles. The second kappa shape index (κ2) is 5.04. The van der Waals surface area contributed by atoms with Gasteiger partial charge in [-0.15, -0.1) is 6.58 Å². The van der Waals surface area contributed by atoms with E-state index in [-0.39, 0.29) is 11.0 Å². The van der Waals surface area contributed by atoms with Gasteiger partial charge in [0.05, 0.1) is 6.54 Å². The van der Waals surface area contributed by atoms with Gasteiger partial charge < -0.3 is 10.2 Å². The number of aliphatic hydroxyl groups is 1. The van der Waals surface area contributed by atoms with Crippen LogP contribution in [-0.4, -0.2) is 59.3 Å². The van der Waals surface area contributed by atoms with E-state index in [0.717, 1.165) is 0 Å². The summed E-state index contributed by atoms with van der Waals surface area (Å²) < 4.78 is 0.240. The molecule has 0 radical (unpaired) electrons. The summed E-state index contributed by atoms with van der Waals surface area (Å²) in [7, 11) is 0. The van der Waals surface area contributed by atoms with Crippen LogP contribution in [0.1, 0.15) is 6.42 Å². The Labute approximate surface area is 88.9 Å². The zero-order valence-corrected chi connectivity index (χ0v) is 8.67. The van der Waals surface area contributed by atoms with E-state index in [0.29, 0.717) is 26.1 Å². The van der Waals surface area contributed by atoms with E-state index < -0.39 is 12.1 Å². The zero-order valence-electron chi connectivity index (χ0n) is 8.67. The Balaban J connectivity index is 2.61. The molecule has 5 nitrogen and oxygen atoms in total. The van der Waals surface area contributed by atoms with Gasteiger partial charge in [0, 0.05) is 0 Å². The SMILES string of the molecule is C=CCC(O)C[N+]1(CC(=O)O)C=NCC1. The predicted molar refractivity (Wildman–Crippen MR) is 56.7 cm³/mol. The third-order valence-electron chi connectivity index (χ3n) is 2.46. The van der Waals surface area contributed by atoms with Crippen molar-refractivity contribution in [3.63, 3.8) is 0 Å². The van der Waals surface area contributed by atoms with E-state index in [1.807, 2.05) is 0 Å². The van der Waals surface area contributed by atoms with Crippen molar-refractivity contribution in [1.82, 2.24) is 0 Å². The number of hydrogen-bond donors (Lipinski definition) is 2. The molecule has 0 spiro atoms. The van der Waals surface area contributed by atoms with Gasteiger partial charge in [0.2, 0.25) is 0 Å². The lowest BCUT2D eigenvalue weighted by molar-refractivity contribution is -0.824. The van der Waals surface area contributed by atoms with Crippen molar-refractivity contribution in [1.29, 1.82) is 0 Å². The van der Waals surface area contributed by atoms with E-state index in [1.54, 1.807) is 12.4 Å². The van der Waals surface area contributed by atoms with Crippen LogP contribution in [0.15, 0.2) is 17.6 Å². The first-order valence-corrected chi connectivity index (χ1v) is 4.95. The van der Waals surface area contributed by atoms with Gasteiger partial charge in [-0.25, -0.2) is 9.79 Å². The summed E-state index contributed by atoms with van der Waals surface area (Å²) in [4.78, 5) is 14.8. The molecular weight excluding hydrogens is 196 g/mol. The van der Waals surface area contributed by atoms with Crippen LogP contribution in [0.25, 0.3) is 0 Å². The first kappa shape index (κ1) is 11.9. The maximum atomic E-state index is 10.7. The molecule has 0 bridgehead atoms. The van der Waals surface area contributed by atoms with E-state index >= 15 is 0 Å². The highest BCUT2D eigenvalue weighted by molar-refractivity contribution is 5.69. The fourth-order valence-electron chi connectivity index (χ4n) is 1.82. The summed E-state index contributed by atoms with van der Waals surface area (Å²) in [5, 5.41) is 18.4. The average Bonchev–Trinajstić information content (AvgIpc) is 2.51. The lowest BCUT2D eigenvalue weighted by Gasteiger charge is -2.30. The Morgan fingerprint density at radius 1 is 1.73 bits per heavy atom. The number of carbonyl (C=O) groups is 1. The molecule has 84 valence electrons. The summed E-state index contributed by atoms with van der Waals surface area (Å²) in [5.74, 6) is -0.867. The Kier molecular flexibility index (Phi) is 3.99. The second-order valence-electron chi connectivity index (χ2n) is 3.88. The van der Waals surface area contributed by atoms with Gasteiger partial charge in [0.15, 0.2) is 12.9 Å². The van der Waals surface area contributed by atoms with Crippen molar-refractivity contribution in [3.8, 4) is 0 Å².